The van der Waals surface area contributed by atoms with Crippen molar-refractivity contribution in [1.82, 2.24) is 14.9 Å². The van der Waals surface area contributed by atoms with E-state index in [-0.39, 0.29) is 0 Å². The fourth-order valence-electron chi connectivity index (χ4n) is 3.70. The van der Waals surface area contributed by atoms with Gasteiger partial charge in [-0.3, -0.25) is 4.90 Å². The standard InChI is InChI=1S/C24H27ClN4O/c1-17-23(15-19-3-7-21(25)8-4-19)24(27-18(2)26-17)28-22-9-5-20(6-10-22)16-29-11-13-30-14-12-29/h3-10H,11-16H2,1-2H3,(H,26,27,28). The molecule has 0 atom stereocenters. The van der Waals surface area contributed by atoms with E-state index in [2.05, 4.69) is 44.5 Å². The molecule has 0 aliphatic carbocycles. The van der Waals surface area contributed by atoms with Gasteiger partial charge in [0, 0.05) is 48.0 Å². The van der Waals surface area contributed by atoms with Crippen LogP contribution in [0.2, 0.25) is 5.02 Å². The number of nitrogens with one attached hydrogen (secondary N) is 1. The maximum Gasteiger partial charge on any atom is 0.137 e. The molecule has 0 spiro atoms. The molecule has 2 heterocycles. The minimum absolute atomic E-state index is 0.742. The Morgan fingerprint density at radius 1 is 0.933 bits per heavy atom. The van der Waals surface area contributed by atoms with Gasteiger partial charge in [-0.1, -0.05) is 35.9 Å². The SMILES string of the molecule is Cc1nc(C)c(Cc2ccc(Cl)cc2)c(Nc2ccc(CN3CCOCC3)cc2)n1. The largest absolute Gasteiger partial charge is 0.379 e. The number of nitrogens with zero attached hydrogens (tertiary/aromatic N) is 3. The van der Waals surface area contributed by atoms with Gasteiger partial charge in [0.1, 0.15) is 11.6 Å². The predicted octanol–water partition coefficient (Wildman–Crippen LogP) is 4.91. The predicted molar refractivity (Wildman–Crippen MR) is 122 cm³/mol. The number of morpholine rings is 1. The summed E-state index contributed by atoms with van der Waals surface area (Å²) in [5, 5.41) is 4.25. The highest BCUT2D eigenvalue weighted by Crippen LogP contribution is 2.25. The summed E-state index contributed by atoms with van der Waals surface area (Å²) in [6, 6.07) is 16.5. The van der Waals surface area contributed by atoms with E-state index in [0.717, 1.165) is 72.9 Å². The highest BCUT2D eigenvalue weighted by molar-refractivity contribution is 6.30. The first kappa shape index (κ1) is 20.8. The molecule has 2 aromatic carbocycles. The first-order valence-electron chi connectivity index (χ1n) is 10.3. The van der Waals surface area contributed by atoms with Crippen LogP contribution in [-0.2, 0) is 17.7 Å². The smallest absolute Gasteiger partial charge is 0.137 e. The summed E-state index contributed by atoms with van der Waals surface area (Å²) in [6.07, 6.45) is 0.751. The van der Waals surface area contributed by atoms with E-state index in [9.17, 15) is 0 Å². The van der Waals surface area contributed by atoms with Gasteiger partial charge >= 0.3 is 0 Å². The van der Waals surface area contributed by atoms with Gasteiger partial charge in [-0.15, -0.1) is 0 Å². The quantitative estimate of drug-likeness (QED) is 0.611. The van der Waals surface area contributed by atoms with Crippen molar-refractivity contribution in [3.8, 4) is 0 Å². The molecule has 156 valence electrons. The summed E-state index contributed by atoms with van der Waals surface area (Å²) in [5.41, 5.74) is 5.59. The Bertz CT molecular complexity index is 983. The molecule has 4 rings (SSSR count). The number of ether oxygens (including phenoxy) is 1. The van der Waals surface area contributed by atoms with Gasteiger partial charge in [-0.05, 0) is 49.2 Å². The van der Waals surface area contributed by atoms with Crippen LogP contribution in [0.1, 0.15) is 28.2 Å². The van der Waals surface area contributed by atoms with Crippen LogP contribution >= 0.6 is 11.6 Å². The Morgan fingerprint density at radius 2 is 1.60 bits per heavy atom. The number of aryl methyl sites for hydroxylation is 2. The van der Waals surface area contributed by atoms with Crippen molar-refractivity contribution in [2.24, 2.45) is 0 Å². The molecule has 1 aromatic heterocycles. The second-order valence-corrected chi connectivity index (χ2v) is 8.13. The van der Waals surface area contributed by atoms with Crippen LogP contribution in [0.15, 0.2) is 48.5 Å². The van der Waals surface area contributed by atoms with Crippen molar-refractivity contribution in [3.63, 3.8) is 0 Å². The number of benzene rings is 2. The number of anilines is 2. The number of aromatic nitrogens is 2. The van der Waals surface area contributed by atoms with Crippen LogP contribution in [-0.4, -0.2) is 41.2 Å². The van der Waals surface area contributed by atoms with E-state index >= 15 is 0 Å². The normalized spacial score (nSPS) is 14.6. The molecule has 0 unspecified atom stereocenters. The van der Waals surface area contributed by atoms with Crippen molar-refractivity contribution >= 4 is 23.1 Å². The van der Waals surface area contributed by atoms with E-state index in [1.807, 2.05) is 38.1 Å². The molecule has 0 bridgehead atoms. The summed E-state index contributed by atoms with van der Waals surface area (Å²) in [4.78, 5) is 11.7. The second kappa shape index (κ2) is 9.56. The van der Waals surface area contributed by atoms with Gasteiger partial charge < -0.3 is 10.1 Å². The summed E-state index contributed by atoms with van der Waals surface area (Å²) in [6.45, 7) is 8.55. The van der Waals surface area contributed by atoms with Crippen molar-refractivity contribution in [1.29, 1.82) is 0 Å². The first-order valence-corrected chi connectivity index (χ1v) is 10.7. The van der Waals surface area contributed by atoms with Crippen LogP contribution in [0.3, 0.4) is 0 Å². The van der Waals surface area contributed by atoms with E-state index in [0.29, 0.717) is 0 Å². The Kier molecular flexibility index (Phi) is 6.62. The molecule has 30 heavy (non-hydrogen) atoms. The van der Waals surface area contributed by atoms with Gasteiger partial charge in [-0.25, -0.2) is 9.97 Å². The molecule has 0 radical (unpaired) electrons. The molecular formula is C24H27ClN4O. The first-order chi connectivity index (χ1) is 14.6. The highest BCUT2D eigenvalue weighted by Gasteiger charge is 2.13. The number of rotatable bonds is 6. The molecular weight excluding hydrogens is 396 g/mol. The molecule has 1 saturated heterocycles. The lowest BCUT2D eigenvalue weighted by Crippen LogP contribution is -2.35. The zero-order valence-electron chi connectivity index (χ0n) is 17.5. The van der Waals surface area contributed by atoms with Gasteiger partial charge in [0.05, 0.1) is 13.2 Å². The average molecular weight is 423 g/mol. The highest BCUT2D eigenvalue weighted by atomic mass is 35.5. The molecule has 1 aliphatic heterocycles. The molecule has 6 heteroatoms. The summed E-state index contributed by atoms with van der Waals surface area (Å²) in [5.74, 6) is 1.62. The Morgan fingerprint density at radius 3 is 2.30 bits per heavy atom. The molecule has 0 saturated carbocycles. The van der Waals surface area contributed by atoms with E-state index in [1.165, 1.54) is 11.1 Å². The van der Waals surface area contributed by atoms with E-state index < -0.39 is 0 Å². The lowest BCUT2D eigenvalue weighted by Gasteiger charge is -2.26. The third-order valence-corrected chi connectivity index (χ3v) is 5.60. The summed E-state index contributed by atoms with van der Waals surface area (Å²) >= 11 is 6.03. The average Bonchev–Trinajstić information content (AvgIpc) is 2.74. The Hall–Kier alpha value is -2.47. The van der Waals surface area contributed by atoms with Crippen molar-refractivity contribution in [2.75, 3.05) is 31.6 Å². The van der Waals surface area contributed by atoms with Crippen LogP contribution < -0.4 is 5.32 Å². The monoisotopic (exact) mass is 422 g/mol. The van der Waals surface area contributed by atoms with Crippen LogP contribution in [0.5, 0.6) is 0 Å². The fourth-order valence-corrected chi connectivity index (χ4v) is 3.83. The molecule has 1 aliphatic rings. The van der Waals surface area contributed by atoms with Gasteiger partial charge in [-0.2, -0.15) is 0 Å². The van der Waals surface area contributed by atoms with Crippen molar-refractivity contribution < 1.29 is 4.74 Å². The van der Waals surface area contributed by atoms with Gasteiger partial charge in [0.2, 0.25) is 0 Å². The minimum atomic E-state index is 0.742. The molecule has 0 amide bonds. The molecule has 1 fully saturated rings. The van der Waals surface area contributed by atoms with E-state index in [1.54, 1.807) is 0 Å². The van der Waals surface area contributed by atoms with Crippen LogP contribution in [0, 0.1) is 13.8 Å². The van der Waals surface area contributed by atoms with Gasteiger partial charge in [0.15, 0.2) is 0 Å². The number of halogens is 1. The van der Waals surface area contributed by atoms with Gasteiger partial charge in [0.25, 0.3) is 0 Å². The van der Waals surface area contributed by atoms with E-state index in [4.69, 9.17) is 16.3 Å². The third-order valence-electron chi connectivity index (χ3n) is 5.35. The summed E-state index contributed by atoms with van der Waals surface area (Å²) in [7, 11) is 0. The molecule has 3 aromatic rings. The molecule has 5 nitrogen and oxygen atoms in total. The van der Waals surface area contributed by atoms with Crippen LogP contribution in [0.25, 0.3) is 0 Å². The zero-order valence-corrected chi connectivity index (χ0v) is 18.2. The lowest BCUT2D eigenvalue weighted by molar-refractivity contribution is 0.0342. The second-order valence-electron chi connectivity index (χ2n) is 7.70. The Balaban J connectivity index is 1.51. The van der Waals surface area contributed by atoms with Crippen molar-refractivity contribution in [3.05, 3.63) is 81.8 Å². The maximum atomic E-state index is 6.03. The third kappa shape index (κ3) is 5.36. The number of hydrogen-bond donors (Lipinski definition) is 1. The maximum absolute atomic E-state index is 6.03. The zero-order chi connectivity index (χ0) is 20.9. The summed E-state index contributed by atoms with van der Waals surface area (Å²) < 4.78 is 5.43. The lowest BCUT2D eigenvalue weighted by atomic mass is 10.0. The minimum Gasteiger partial charge on any atom is -0.379 e. The van der Waals surface area contributed by atoms with Crippen LogP contribution in [0.4, 0.5) is 11.5 Å². The fraction of sp³-hybridized carbons (Fsp3) is 0.333. The Labute approximate surface area is 183 Å². The molecule has 1 N–H and O–H groups in total. The number of hydrogen-bond acceptors (Lipinski definition) is 5. The topological polar surface area (TPSA) is 50.3 Å². The van der Waals surface area contributed by atoms with Crippen molar-refractivity contribution in [2.45, 2.75) is 26.8 Å².